The number of hydrogen-bond acceptors (Lipinski definition) is 3. The Bertz CT molecular complexity index is 294. The van der Waals surface area contributed by atoms with Gasteiger partial charge in [0, 0.05) is 12.2 Å². The monoisotopic (exact) mass is 235 g/mol. The SMILES string of the molecule is CC(CCS(=O)(=O)[O-])[N+]1(C)CCCCC1. The van der Waals surface area contributed by atoms with Crippen molar-refractivity contribution in [3.63, 3.8) is 0 Å². The first kappa shape index (κ1) is 12.9. The van der Waals surface area contributed by atoms with Gasteiger partial charge in [-0.15, -0.1) is 0 Å². The molecule has 0 amide bonds. The maximum atomic E-state index is 10.6. The largest absolute Gasteiger partial charge is 0.748 e. The molecule has 5 heteroatoms. The van der Waals surface area contributed by atoms with E-state index in [4.69, 9.17) is 0 Å². The molecule has 1 aliphatic heterocycles. The van der Waals surface area contributed by atoms with Crippen LogP contribution in [0.25, 0.3) is 0 Å². The summed E-state index contributed by atoms with van der Waals surface area (Å²) >= 11 is 0. The highest BCUT2D eigenvalue weighted by molar-refractivity contribution is 7.85. The number of piperidine rings is 1. The molecule has 1 atom stereocenters. The highest BCUT2D eigenvalue weighted by Gasteiger charge is 2.30. The third kappa shape index (κ3) is 4.09. The van der Waals surface area contributed by atoms with Crippen molar-refractivity contribution in [2.75, 3.05) is 25.9 Å². The van der Waals surface area contributed by atoms with Crippen LogP contribution >= 0.6 is 0 Å². The lowest BCUT2D eigenvalue weighted by molar-refractivity contribution is -0.935. The van der Waals surface area contributed by atoms with Crippen molar-refractivity contribution in [2.45, 2.75) is 38.6 Å². The molecule has 1 saturated heterocycles. The van der Waals surface area contributed by atoms with E-state index in [0.717, 1.165) is 17.6 Å². The summed E-state index contributed by atoms with van der Waals surface area (Å²) in [5.74, 6) is -0.220. The minimum Gasteiger partial charge on any atom is -0.748 e. The second-order valence-corrected chi connectivity index (χ2v) is 6.41. The van der Waals surface area contributed by atoms with Gasteiger partial charge in [-0.25, -0.2) is 8.42 Å². The summed E-state index contributed by atoms with van der Waals surface area (Å²) in [4.78, 5) is 0. The number of hydrogen-bond donors (Lipinski definition) is 0. The lowest BCUT2D eigenvalue weighted by Gasteiger charge is -2.43. The van der Waals surface area contributed by atoms with E-state index in [-0.39, 0.29) is 11.8 Å². The summed E-state index contributed by atoms with van der Waals surface area (Å²) in [6.45, 7) is 4.27. The Morgan fingerprint density at radius 2 is 1.80 bits per heavy atom. The van der Waals surface area contributed by atoms with Crippen LogP contribution in [-0.2, 0) is 10.1 Å². The molecule has 1 unspecified atom stereocenters. The summed E-state index contributed by atoms with van der Waals surface area (Å²) in [6.07, 6.45) is 4.19. The zero-order valence-electron chi connectivity index (χ0n) is 9.61. The molecule has 0 aromatic carbocycles. The fourth-order valence-electron chi connectivity index (χ4n) is 2.30. The third-order valence-corrected chi connectivity index (χ3v) is 4.42. The van der Waals surface area contributed by atoms with Crippen LogP contribution in [0.3, 0.4) is 0 Å². The van der Waals surface area contributed by atoms with E-state index >= 15 is 0 Å². The number of nitrogens with zero attached hydrogens (tertiary/aromatic N) is 1. The van der Waals surface area contributed by atoms with Crippen LogP contribution in [-0.4, -0.2) is 49.4 Å². The molecule has 1 aliphatic rings. The molecule has 0 aliphatic carbocycles. The molecule has 0 radical (unpaired) electrons. The molecule has 1 heterocycles. The molecule has 1 fully saturated rings. The molecular formula is C10H21NO3S. The summed E-state index contributed by atoms with van der Waals surface area (Å²) in [6, 6.07) is 0.272. The molecule has 0 spiro atoms. The van der Waals surface area contributed by atoms with Crippen molar-refractivity contribution in [1.82, 2.24) is 0 Å². The minimum absolute atomic E-state index is 0.220. The molecule has 15 heavy (non-hydrogen) atoms. The number of likely N-dealkylation sites (tertiary alicyclic amines) is 1. The van der Waals surface area contributed by atoms with Crippen LogP contribution < -0.4 is 0 Å². The molecular weight excluding hydrogens is 214 g/mol. The maximum absolute atomic E-state index is 10.6. The van der Waals surface area contributed by atoms with Crippen LogP contribution in [0.2, 0.25) is 0 Å². The van der Waals surface area contributed by atoms with Gasteiger partial charge in [0.1, 0.15) is 0 Å². The molecule has 0 bridgehead atoms. The third-order valence-electron chi connectivity index (χ3n) is 3.69. The Balaban J connectivity index is 2.48. The zero-order valence-corrected chi connectivity index (χ0v) is 10.4. The van der Waals surface area contributed by atoms with Crippen LogP contribution in [0.5, 0.6) is 0 Å². The first-order valence-corrected chi connectivity index (χ1v) is 7.19. The van der Waals surface area contributed by atoms with Gasteiger partial charge < -0.3 is 9.04 Å². The fourth-order valence-corrected chi connectivity index (χ4v) is 2.93. The van der Waals surface area contributed by atoms with Gasteiger partial charge >= 0.3 is 0 Å². The van der Waals surface area contributed by atoms with E-state index in [2.05, 4.69) is 14.0 Å². The van der Waals surface area contributed by atoms with Crippen molar-refractivity contribution in [1.29, 1.82) is 0 Å². The Morgan fingerprint density at radius 3 is 2.27 bits per heavy atom. The Labute approximate surface area is 92.6 Å². The topological polar surface area (TPSA) is 57.2 Å². The smallest absolute Gasteiger partial charge is 0.0948 e. The van der Waals surface area contributed by atoms with E-state index in [1.54, 1.807) is 0 Å². The van der Waals surface area contributed by atoms with Crippen LogP contribution in [0.15, 0.2) is 0 Å². The van der Waals surface area contributed by atoms with Gasteiger partial charge in [-0.3, -0.25) is 0 Å². The van der Waals surface area contributed by atoms with Crippen molar-refractivity contribution in [2.24, 2.45) is 0 Å². The average Bonchev–Trinajstić information content (AvgIpc) is 2.14. The minimum atomic E-state index is -4.04. The molecule has 0 N–H and O–H groups in total. The van der Waals surface area contributed by atoms with Crippen LogP contribution in [0.4, 0.5) is 0 Å². The Kier molecular flexibility index (Phi) is 4.14. The standard InChI is InChI=1S/C10H21NO3S/c1-10(6-9-15(12,13)14)11(2)7-4-3-5-8-11/h10H,3-9H2,1-2H3. The van der Waals surface area contributed by atoms with E-state index < -0.39 is 10.1 Å². The molecule has 0 saturated carbocycles. The fraction of sp³-hybridized carbons (Fsp3) is 1.00. The second-order valence-electron chi connectivity index (χ2n) is 4.89. The van der Waals surface area contributed by atoms with Crippen LogP contribution in [0.1, 0.15) is 32.6 Å². The van der Waals surface area contributed by atoms with Crippen LogP contribution in [0, 0.1) is 0 Å². The predicted octanol–water partition coefficient (Wildman–Crippen LogP) is 0.941. The average molecular weight is 235 g/mol. The molecule has 0 aromatic heterocycles. The predicted molar refractivity (Wildman–Crippen MR) is 58.4 cm³/mol. The van der Waals surface area contributed by atoms with Gasteiger partial charge in [-0.2, -0.15) is 0 Å². The number of rotatable bonds is 4. The Hall–Kier alpha value is -0.130. The molecule has 1 rings (SSSR count). The van der Waals surface area contributed by atoms with Gasteiger partial charge in [0.05, 0.1) is 36.3 Å². The summed E-state index contributed by atoms with van der Waals surface area (Å²) in [7, 11) is -1.88. The number of quaternary nitrogens is 1. The molecule has 90 valence electrons. The van der Waals surface area contributed by atoms with Crippen molar-refractivity contribution >= 4 is 10.1 Å². The summed E-state index contributed by atoms with van der Waals surface area (Å²) in [5.41, 5.74) is 0. The highest BCUT2D eigenvalue weighted by Crippen LogP contribution is 2.22. The highest BCUT2D eigenvalue weighted by atomic mass is 32.2. The van der Waals surface area contributed by atoms with Gasteiger partial charge in [0.25, 0.3) is 0 Å². The van der Waals surface area contributed by atoms with Gasteiger partial charge in [0.15, 0.2) is 0 Å². The maximum Gasteiger partial charge on any atom is 0.0948 e. The second kappa shape index (κ2) is 4.80. The lowest BCUT2D eigenvalue weighted by Crippen LogP contribution is -2.54. The summed E-state index contributed by atoms with van der Waals surface area (Å²) in [5, 5.41) is 0. The Morgan fingerprint density at radius 1 is 1.27 bits per heavy atom. The van der Waals surface area contributed by atoms with Gasteiger partial charge in [0.2, 0.25) is 0 Å². The lowest BCUT2D eigenvalue weighted by atomic mass is 10.0. The van der Waals surface area contributed by atoms with Crippen molar-refractivity contribution < 1.29 is 17.5 Å². The van der Waals surface area contributed by atoms with E-state index in [0.29, 0.717) is 6.42 Å². The zero-order chi connectivity index (χ0) is 11.5. The van der Waals surface area contributed by atoms with Crippen molar-refractivity contribution in [3.05, 3.63) is 0 Å². The van der Waals surface area contributed by atoms with E-state index in [9.17, 15) is 13.0 Å². The van der Waals surface area contributed by atoms with E-state index in [1.165, 1.54) is 19.3 Å². The van der Waals surface area contributed by atoms with E-state index in [1.807, 2.05) is 0 Å². The quantitative estimate of drug-likeness (QED) is 0.538. The first-order valence-electron chi connectivity index (χ1n) is 5.61. The molecule has 4 nitrogen and oxygen atoms in total. The molecule has 0 aromatic rings. The van der Waals surface area contributed by atoms with Crippen molar-refractivity contribution in [3.8, 4) is 0 Å². The first-order chi connectivity index (χ1) is 6.83. The summed E-state index contributed by atoms with van der Waals surface area (Å²) < 4.78 is 32.6. The van der Waals surface area contributed by atoms with Gasteiger partial charge in [-0.1, -0.05) is 0 Å². The normalized spacial score (nSPS) is 23.7. The van der Waals surface area contributed by atoms with Gasteiger partial charge in [-0.05, 0) is 26.2 Å².